The molecule has 1 fully saturated rings. The van der Waals surface area contributed by atoms with E-state index in [4.69, 9.17) is 26.3 Å². The molecule has 1 aromatic carbocycles. The Morgan fingerprint density at radius 1 is 1.37 bits per heavy atom. The van der Waals surface area contributed by atoms with Gasteiger partial charge < -0.3 is 14.4 Å². The van der Waals surface area contributed by atoms with Gasteiger partial charge in [-0.1, -0.05) is 17.7 Å². The minimum atomic E-state index is -0.524. The normalized spacial score (nSPS) is 15.0. The number of ether oxygens (including phenoxy) is 2. The average Bonchev–Trinajstić information content (AvgIpc) is 3.06. The number of aromatic nitrogens is 2. The van der Waals surface area contributed by atoms with Crippen LogP contribution in [0.3, 0.4) is 0 Å². The molecule has 160 valence electrons. The lowest BCUT2D eigenvalue weighted by Crippen LogP contribution is -2.42. The Hall–Kier alpha value is -2.79. The summed E-state index contributed by atoms with van der Waals surface area (Å²) in [7, 11) is 0. The van der Waals surface area contributed by atoms with E-state index in [-0.39, 0.29) is 30.2 Å². The molecule has 2 aromatic rings. The number of carbonyl (C=O) groups is 1. The maximum atomic E-state index is 14.0. The van der Waals surface area contributed by atoms with Gasteiger partial charge in [-0.2, -0.15) is 5.26 Å². The molecule has 0 atom stereocenters. The minimum Gasteiger partial charge on any atom is -0.471 e. The van der Waals surface area contributed by atoms with Gasteiger partial charge in [0.15, 0.2) is 0 Å². The van der Waals surface area contributed by atoms with E-state index in [0.717, 1.165) is 6.07 Å². The topological polar surface area (TPSA) is 80.4 Å². The molecule has 1 amide bonds. The van der Waals surface area contributed by atoms with Crippen LogP contribution in [0.15, 0.2) is 24.4 Å². The molecule has 1 saturated heterocycles. The number of rotatable bonds is 4. The quantitative estimate of drug-likeness (QED) is 0.696. The summed E-state index contributed by atoms with van der Waals surface area (Å²) in [5, 5.41) is 13.5. The molecule has 0 bridgehead atoms. The summed E-state index contributed by atoms with van der Waals surface area (Å²) in [6.07, 6.45) is 2.79. The Labute approximate surface area is 179 Å². The molecule has 3 rings (SSSR count). The van der Waals surface area contributed by atoms with Gasteiger partial charge in [0.2, 0.25) is 0 Å². The second-order valence-electron chi connectivity index (χ2n) is 8.17. The van der Waals surface area contributed by atoms with Crippen LogP contribution in [-0.4, -0.2) is 39.5 Å². The van der Waals surface area contributed by atoms with Crippen molar-refractivity contribution in [3.63, 3.8) is 0 Å². The van der Waals surface area contributed by atoms with E-state index in [2.05, 4.69) is 5.10 Å². The SMILES string of the molecule is CC(C)(C)OC(=O)N1CCC(n2cc(Cl)c(OCc3ccc(C#N)cc3F)n2)CC1. The van der Waals surface area contributed by atoms with Crippen LogP contribution in [0.25, 0.3) is 0 Å². The molecule has 0 aliphatic carbocycles. The van der Waals surface area contributed by atoms with Crippen LogP contribution < -0.4 is 4.74 Å². The summed E-state index contributed by atoms with van der Waals surface area (Å²) in [5.74, 6) is -0.297. The summed E-state index contributed by atoms with van der Waals surface area (Å²) in [4.78, 5) is 13.9. The Balaban J connectivity index is 1.58. The van der Waals surface area contributed by atoms with Crippen LogP contribution in [-0.2, 0) is 11.3 Å². The van der Waals surface area contributed by atoms with Crippen LogP contribution in [0.5, 0.6) is 5.88 Å². The van der Waals surface area contributed by atoms with E-state index >= 15 is 0 Å². The van der Waals surface area contributed by atoms with Crippen molar-refractivity contribution in [3.8, 4) is 11.9 Å². The van der Waals surface area contributed by atoms with Crippen LogP contribution >= 0.6 is 11.6 Å². The van der Waals surface area contributed by atoms with E-state index in [1.807, 2.05) is 26.8 Å². The van der Waals surface area contributed by atoms with Crippen LogP contribution in [0.2, 0.25) is 5.02 Å². The van der Waals surface area contributed by atoms with E-state index in [9.17, 15) is 9.18 Å². The first-order valence-electron chi connectivity index (χ1n) is 9.70. The Bertz CT molecular complexity index is 956. The predicted molar refractivity (Wildman–Crippen MR) is 109 cm³/mol. The van der Waals surface area contributed by atoms with Gasteiger partial charge in [0, 0.05) is 24.8 Å². The number of hydrogen-bond acceptors (Lipinski definition) is 5. The number of nitrogens with zero attached hydrogens (tertiary/aromatic N) is 4. The second-order valence-corrected chi connectivity index (χ2v) is 8.57. The number of nitriles is 1. The molecule has 1 aromatic heterocycles. The molecule has 0 radical (unpaired) electrons. The maximum Gasteiger partial charge on any atom is 0.410 e. The zero-order valence-corrected chi connectivity index (χ0v) is 17.9. The highest BCUT2D eigenvalue weighted by Crippen LogP contribution is 2.29. The third-order valence-corrected chi connectivity index (χ3v) is 4.95. The average molecular weight is 435 g/mol. The highest BCUT2D eigenvalue weighted by molar-refractivity contribution is 6.31. The number of hydrogen-bond donors (Lipinski definition) is 0. The van der Waals surface area contributed by atoms with Crippen molar-refractivity contribution in [3.05, 3.63) is 46.4 Å². The maximum absolute atomic E-state index is 14.0. The first-order chi connectivity index (χ1) is 14.2. The Morgan fingerprint density at radius 2 is 2.07 bits per heavy atom. The summed E-state index contributed by atoms with van der Waals surface area (Å²) >= 11 is 6.24. The monoisotopic (exact) mass is 434 g/mol. The lowest BCUT2D eigenvalue weighted by atomic mass is 10.1. The van der Waals surface area contributed by atoms with E-state index in [0.29, 0.717) is 36.5 Å². The van der Waals surface area contributed by atoms with Gasteiger partial charge in [-0.05, 0) is 45.7 Å². The first kappa shape index (κ1) is 21.9. The molecule has 9 heteroatoms. The number of likely N-dealkylation sites (tertiary alicyclic amines) is 1. The molecule has 1 aliphatic heterocycles. The van der Waals surface area contributed by atoms with Crippen molar-refractivity contribution in [1.82, 2.24) is 14.7 Å². The molecule has 7 nitrogen and oxygen atoms in total. The summed E-state index contributed by atoms with van der Waals surface area (Å²) in [6, 6.07) is 6.16. The van der Waals surface area contributed by atoms with E-state index < -0.39 is 11.4 Å². The fraction of sp³-hybridized carbons (Fsp3) is 0.476. The molecule has 30 heavy (non-hydrogen) atoms. The van der Waals surface area contributed by atoms with Crippen molar-refractivity contribution >= 4 is 17.7 Å². The van der Waals surface area contributed by atoms with Crippen molar-refractivity contribution in [2.45, 2.75) is 51.9 Å². The fourth-order valence-electron chi connectivity index (χ4n) is 3.16. The van der Waals surface area contributed by atoms with Gasteiger partial charge in [0.25, 0.3) is 5.88 Å². The van der Waals surface area contributed by atoms with Gasteiger partial charge in [0.05, 0.1) is 17.7 Å². The van der Waals surface area contributed by atoms with E-state index in [1.165, 1.54) is 12.1 Å². The number of piperidine rings is 1. The van der Waals surface area contributed by atoms with Gasteiger partial charge in [-0.15, -0.1) is 5.10 Å². The smallest absolute Gasteiger partial charge is 0.410 e. The first-order valence-corrected chi connectivity index (χ1v) is 10.1. The number of benzene rings is 1. The van der Waals surface area contributed by atoms with Crippen molar-refractivity contribution in [2.75, 3.05) is 13.1 Å². The highest BCUT2D eigenvalue weighted by atomic mass is 35.5. The molecule has 0 spiro atoms. The molecular weight excluding hydrogens is 411 g/mol. The van der Waals surface area contributed by atoms with Gasteiger partial charge >= 0.3 is 6.09 Å². The van der Waals surface area contributed by atoms with Crippen LogP contribution in [0, 0.1) is 17.1 Å². The predicted octanol–water partition coefficient (Wildman–Crippen LogP) is 4.70. The minimum absolute atomic E-state index is 0.0502. The molecule has 0 unspecified atom stereocenters. The molecule has 1 aliphatic rings. The third kappa shape index (κ3) is 5.42. The number of carbonyl (C=O) groups excluding carboxylic acids is 1. The zero-order valence-electron chi connectivity index (χ0n) is 17.2. The zero-order chi connectivity index (χ0) is 21.9. The Morgan fingerprint density at radius 3 is 2.67 bits per heavy atom. The lowest BCUT2D eigenvalue weighted by molar-refractivity contribution is 0.0184. The van der Waals surface area contributed by atoms with Crippen LogP contribution in [0.1, 0.15) is 50.8 Å². The fourth-order valence-corrected chi connectivity index (χ4v) is 3.35. The Kier molecular flexibility index (Phi) is 6.52. The second kappa shape index (κ2) is 8.92. The lowest BCUT2D eigenvalue weighted by Gasteiger charge is -2.33. The summed E-state index contributed by atoms with van der Waals surface area (Å²) < 4.78 is 26.8. The van der Waals surface area contributed by atoms with Gasteiger partial charge in [-0.3, -0.25) is 4.68 Å². The van der Waals surface area contributed by atoms with Gasteiger partial charge in [0.1, 0.15) is 23.0 Å². The van der Waals surface area contributed by atoms with Crippen molar-refractivity contribution < 1.29 is 18.7 Å². The number of amides is 1. The largest absolute Gasteiger partial charge is 0.471 e. The number of halogens is 2. The third-order valence-electron chi connectivity index (χ3n) is 4.69. The van der Waals surface area contributed by atoms with Crippen LogP contribution in [0.4, 0.5) is 9.18 Å². The van der Waals surface area contributed by atoms with Crippen molar-refractivity contribution in [1.29, 1.82) is 5.26 Å². The van der Waals surface area contributed by atoms with E-state index in [1.54, 1.807) is 15.8 Å². The molecular formula is C21H24ClFN4O3. The molecule has 0 saturated carbocycles. The standard InChI is InChI=1S/C21H24ClFN4O3/c1-21(2,3)30-20(28)26-8-6-16(7-9-26)27-12-17(22)19(25-27)29-13-15-5-4-14(11-24)10-18(15)23/h4-5,10,12,16H,6-9,13H2,1-3H3. The van der Waals surface area contributed by atoms with Gasteiger partial charge in [-0.25, -0.2) is 9.18 Å². The molecule has 0 N–H and O–H groups in total. The highest BCUT2D eigenvalue weighted by Gasteiger charge is 2.28. The summed E-state index contributed by atoms with van der Waals surface area (Å²) in [6.45, 7) is 6.59. The summed E-state index contributed by atoms with van der Waals surface area (Å²) in [5.41, 5.74) is 0.0333. The molecule has 2 heterocycles. The van der Waals surface area contributed by atoms with Crippen molar-refractivity contribution in [2.24, 2.45) is 0 Å².